The number of benzene rings is 4. The van der Waals surface area contributed by atoms with Crippen LogP contribution in [0.2, 0.25) is 0 Å². The molecule has 0 fully saturated rings. The van der Waals surface area contributed by atoms with Crippen LogP contribution in [0.1, 0.15) is 52.9 Å². The zero-order valence-electron chi connectivity index (χ0n) is 35.0. The number of methoxy groups -OCH3 is 1. The van der Waals surface area contributed by atoms with Gasteiger partial charge < -0.3 is 14.4 Å². The Hall–Kier alpha value is -6.39. The van der Waals surface area contributed by atoms with Gasteiger partial charge in [0.1, 0.15) is 5.52 Å². The summed E-state index contributed by atoms with van der Waals surface area (Å²) in [5.41, 5.74) is 5.41. The van der Waals surface area contributed by atoms with E-state index in [0.29, 0.717) is 64.8 Å². The molecule has 8 rings (SSSR count). The van der Waals surface area contributed by atoms with Crippen LogP contribution in [0.15, 0.2) is 110 Å². The number of hydrogen-bond donors (Lipinski definition) is 0. The first-order valence-corrected chi connectivity index (χ1v) is 21.9. The zero-order chi connectivity index (χ0) is 45.0. The zero-order valence-corrected chi connectivity index (χ0v) is 35.9. The lowest BCUT2D eigenvalue weighted by Gasteiger charge is -2.27. The SMILES string of the molecule is CCc1cccc(CC)c1-n1nc2c(c1-c1cc(F)c(OC)c3c1ccn3C(=O)OCOP(=O)(OCc1ccccc1)OCc1ccccc1)CN(c1ncc(C(F)(F)F)cn1)CC2. The number of halogens is 4. The number of para-hydroxylation sites is 1. The van der Waals surface area contributed by atoms with E-state index in [0.717, 1.165) is 33.8 Å². The van der Waals surface area contributed by atoms with Crippen molar-refractivity contribution < 1.29 is 50.0 Å². The van der Waals surface area contributed by atoms with Crippen LogP contribution >= 0.6 is 7.82 Å². The first kappa shape index (κ1) is 44.2. The van der Waals surface area contributed by atoms with Gasteiger partial charge in [-0.3, -0.25) is 9.05 Å². The number of carbonyl (C=O) groups excluding carboxylic acids is 1. The highest BCUT2D eigenvalue weighted by molar-refractivity contribution is 7.48. The Balaban J connectivity index is 1.16. The van der Waals surface area contributed by atoms with Crippen molar-refractivity contribution in [1.29, 1.82) is 0 Å². The second-order valence-corrected chi connectivity index (χ2v) is 16.4. The molecule has 1 aliphatic rings. The smallest absolute Gasteiger partial charge is 0.478 e. The molecule has 0 saturated carbocycles. The molecule has 0 bridgehead atoms. The van der Waals surface area contributed by atoms with E-state index in [1.54, 1.807) is 64.2 Å². The van der Waals surface area contributed by atoms with Gasteiger partial charge in [0.2, 0.25) is 12.7 Å². The molecule has 0 spiro atoms. The molecule has 0 unspecified atom stereocenters. The number of ether oxygens (including phenoxy) is 2. The van der Waals surface area contributed by atoms with Crippen molar-refractivity contribution in [3.05, 3.63) is 154 Å². The average Bonchev–Trinajstić information content (AvgIpc) is 3.92. The highest BCUT2D eigenvalue weighted by Crippen LogP contribution is 2.51. The van der Waals surface area contributed by atoms with Crippen molar-refractivity contribution in [3.63, 3.8) is 0 Å². The summed E-state index contributed by atoms with van der Waals surface area (Å²) in [4.78, 5) is 23.8. The van der Waals surface area contributed by atoms with Crippen LogP contribution in [0.3, 0.4) is 0 Å². The van der Waals surface area contributed by atoms with Crippen molar-refractivity contribution in [2.75, 3.05) is 25.3 Å². The van der Waals surface area contributed by atoms with E-state index >= 15 is 4.39 Å². The molecule has 332 valence electrons. The Morgan fingerprint density at radius 1 is 0.844 bits per heavy atom. The number of anilines is 1. The van der Waals surface area contributed by atoms with Crippen molar-refractivity contribution in [3.8, 4) is 22.7 Å². The lowest BCUT2D eigenvalue weighted by atomic mass is 9.97. The van der Waals surface area contributed by atoms with Gasteiger partial charge in [0.25, 0.3) is 0 Å². The first-order chi connectivity index (χ1) is 30.9. The summed E-state index contributed by atoms with van der Waals surface area (Å²) in [7, 11) is -3.07. The van der Waals surface area contributed by atoms with Gasteiger partial charge in [0.05, 0.1) is 43.0 Å². The standard InChI is InChI=1S/C46H43F4N6O7P/c1-4-32-17-12-18-33(5-2)40(32)56-41(37-26-54(21-20-39(37)53-56)44-51-24-34(25-52-44)46(48,49)50)36-23-38(47)43(59-3)42-35(36)19-22-55(42)45(57)60-29-63-64(58,61-27-30-13-8-6-9-14-30)62-28-31-15-10-7-11-16-31/h6-19,22-25H,4-5,20-21,26-29H2,1-3H3. The predicted octanol–water partition coefficient (Wildman–Crippen LogP) is 10.6. The molecule has 64 heavy (non-hydrogen) atoms. The Kier molecular flexibility index (Phi) is 13.0. The molecule has 0 amide bonds. The number of phosphoric ester groups is 1. The Labute approximate surface area is 365 Å². The minimum atomic E-state index is -4.61. The molecule has 0 N–H and O–H groups in total. The molecule has 3 aromatic heterocycles. The first-order valence-electron chi connectivity index (χ1n) is 20.4. The van der Waals surface area contributed by atoms with Crippen LogP contribution in [0.5, 0.6) is 5.75 Å². The molecule has 0 aliphatic carbocycles. The summed E-state index contributed by atoms with van der Waals surface area (Å²) in [6, 6.07) is 26.8. The van der Waals surface area contributed by atoms with Crippen molar-refractivity contribution in [2.24, 2.45) is 0 Å². The molecular weight excluding hydrogens is 856 g/mol. The van der Waals surface area contributed by atoms with Gasteiger partial charge >= 0.3 is 20.1 Å². The van der Waals surface area contributed by atoms with E-state index in [1.807, 2.05) is 44.2 Å². The minimum absolute atomic E-state index is 0.0195. The van der Waals surface area contributed by atoms with Crippen LogP contribution in [-0.2, 0) is 68.1 Å². The van der Waals surface area contributed by atoms with Crippen LogP contribution in [0.25, 0.3) is 27.8 Å². The second kappa shape index (κ2) is 18.8. The van der Waals surface area contributed by atoms with E-state index in [4.69, 9.17) is 28.1 Å². The average molecular weight is 899 g/mol. The van der Waals surface area contributed by atoms with Gasteiger partial charge in [0.15, 0.2) is 11.6 Å². The number of aryl methyl sites for hydroxylation is 2. The number of alkyl halides is 3. The van der Waals surface area contributed by atoms with E-state index in [1.165, 1.54) is 19.4 Å². The van der Waals surface area contributed by atoms with Crippen LogP contribution in [0, 0.1) is 5.82 Å². The molecule has 7 aromatic rings. The predicted molar refractivity (Wildman–Crippen MR) is 229 cm³/mol. The minimum Gasteiger partial charge on any atom is -0.492 e. The van der Waals surface area contributed by atoms with Gasteiger partial charge in [0, 0.05) is 54.6 Å². The Morgan fingerprint density at radius 3 is 2.05 bits per heavy atom. The van der Waals surface area contributed by atoms with E-state index < -0.39 is 38.3 Å². The molecule has 13 nitrogen and oxygen atoms in total. The number of rotatable bonds is 15. The van der Waals surface area contributed by atoms with Gasteiger partial charge in [-0.2, -0.15) is 18.3 Å². The number of aromatic nitrogens is 5. The fraction of sp³-hybridized carbons (Fsp3) is 0.261. The topological polar surface area (TPSA) is 132 Å². The summed E-state index contributed by atoms with van der Waals surface area (Å²) < 4.78 is 101. The van der Waals surface area contributed by atoms with Crippen LogP contribution in [-0.4, -0.2) is 50.9 Å². The molecule has 4 aromatic carbocycles. The fourth-order valence-electron chi connectivity index (χ4n) is 7.69. The van der Waals surface area contributed by atoms with E-state index in [-0.39, 0.29) is 37.0 Å². The lowest BCUT2D eigenvalue weighted by Crippen LogP contribution is -2.31. The van der Waals surface area contributed by atoms with Gasteiger partial charge in [-0.15, -0.1) is 0 Å². The fourth-order valence-corrected chi connectivity index (χ4v) is 8.71. The van der Waals surface area contributed by atoms with Crippen LogP contribution < -0.4 is 9.64 Å². The van der Waals surface area contributed by atoms with Gasteiger partial charge in [-0.25, -0.2) is 37.5 Å². The van der Waals surface area contributed by atoms with Gasteiger partial charge in [-0.05, 0) is 47.2 Å². The third-order valence-corrected chi connectivity index (χ3v) is 12.2. The maximum atomic E-state index is 16.5. The van der Waals surface area contributed by atoms with Gasteiger partial charge in [-0.1, -0.05) is 92.7 Å². The van der Waals surface area contributed by atoms with E-state index in [2.05, 4.69) is 9.97 Å². The number of nitrogens with zero attached hydrogens (tertiary/aromatic N) is 6. The highest BCUT2D eigenvalue weighted by atomic mass is 31.2. The largest absolute Gasteiger partial charge is 0.492 e. The Morgan fingerprint density at radius 2 is 1.47 bits per heavy atom. The molecule has 0 radical (unpaired) electrons. The van der Waals surface area contributed by atoms with Crippen molar-refractivity contribution in [2.45, 2.75) is 59.0 Å². The molecule has 4 heterocycles. The maximum absolute atomic E-state index is 16.5. The summed E-state index contributed by atoms with van der Waals surface area (Å²) in [5, 5.41) is 5.51. The van der Waals surface area contributed by atoms with Crippen molar-refractivity contribution >= 4 is 30.8 Å². The summed E-state index contributed by atoms with van der Waals surface area (Å²) >= 11 is 0. The third-order valence-electron chi connectivity index (χ3n) is 10.9. The molecule has 0 atom stereocenters. The van der Waals surface area contributed by atoms with Crippen LogP contribution in [0.4, 0.5) is 28.3 Å². The molecule has 0 saturated heterocycles. The summed E-state index contributed by atoms with van der Waals surface area (Å²) in [6.07, 6.45) is -1.07. The second-order valence-electron chi connectivity index (χ2n) is 14.8. The molecular formula is C46H43F4N6O7P. The third kappa shape index (κ3) is 9.15. The Bertz CT molecular complexity index is 2750. The number of phosphoric acid groups is 1. The quantitative estimate of drug-likeness (QED) is 0.0553. The highest BCUT2D eigenvalue weighted by Gasteiger charge is 2.34. The summed E-state index contributed by atoms with van der Waals surface area (Å²) in [5.74, 6) is -0.974. The lowest BCUT2D eigenvalue weighted by molar-refractivity contribution is -0.138. The van der Waals surface area contributed by atoms with Crippen molar-refractivity contribution in [1.82, 2.24) is 24.3 Å². The normalized spacial score (nSPS) is 13.0. The number of hydrogen-bond acceptors (Lipinski definition) is 11. The number of carbonyl (C=O) groups is 1. The van der Waals surface area contributed by atoms with E-state index in [9.17, 15) is 22.5 Å². The molecule has 18 heteroatoms. The number of fused-ring (bicyclic) bond motifs is 2. The maximum Gasteiger partial charge on any atom is 0.478 e. The summed E-state index contributed by atoms with van der Waals surface area (Å²) in [6.45, 7) is 3.41. The monoisotopic (exact) mass is 898 g/mol. The molecule has 1 aliphatic heterocycles.